The third-order valence-electron chi connectivity index (χ3n) is 2.98. The van der Waals surface area contributed by atoms with Gasteiger partial charge in [-0.15, -0.1) is 8.78 Å². The van der Waals surface area contributed by atoms with Gasteiger partial charge in [-0.25, -0.2) is 0 Å². The van der Waals surface area contributed by atoms with Crippen LogP contribution in [0.1, 0.15) is 5.56 Å². The summed E-state index contributed by atoms with van der Waals surface area (Å²) in [5, 5.41) is 9.42. The topological polar surface area (TPSA) is 38.7 Å². The maximum Gasteiger partial charge on any atom is 0.586 e. The largest absolute Gasteiger partial charge is 0.586 e. The van der Waals surface area contributed by atoms with Gasteiger partial charge in [-0.2, -0.15) is 13.2 Å². The average molecular weight is 318 g/mol. The van der Waals surface area contributed by atoms with Gasteiger partial charge >= 0.3 is 12.5 Å². The van der Waals surface area contributed by atoms with Crippen molar-refractivity contribution in [2.24, 2.45) is 0 Å². The molecule has 0 atom stereocenters. The van der Waals surface area contributed by atoms with Crippen LogP contribution >= 0.6 is 0 Å². The lowest BCUT2D eigenvalue weighted by Gasteiger charge is -2.10. The lowest BCUT2D eigenvalue weighted by atomic mass is 10.0. The quantitative estimate of drug-likeness (QED) is 0.792. The summed E-state index contributed by atoms with van der Waals surface area (Å²) < 4.78 is 72.5. The summed E-state index contributed by atoms with van der Waals surface area (Å²) in [5.74, 6) is -1.10. The Kier molecular flexibility index (Phi) is 2.95. The highest BCUT2D eigenvalue weighted by atomic mass is 19.4. The van der Waals surface area contributed by atoms with E-state index in [2.05, 4.69) is 9.47 Å². The predicted octanol–water partition coefficient (Wildman–Crippen LogP) is 4.40. The number of fused-ring (bicyclic) bond motifs is 1. The van der Waals surface area contributed by atoms with Crippen LogP contribution in [-0.4, -0.2) is 11.4 Å². The molecule has 1 N–H and O–H groups in total. The first kappa shape index (κ1) is 14.4. The van der Waals surface area contributed by atoms with Gasteiger partial charge in [0.1, 0.15) is 5.75 Å². The second kappa shape index (κ2) is 4.49. The Bertz CT molecular complexity index is 740. The summed E-state index contributed by atoms with van der Waals surface area (Å²) in [6.07, 6.45) is -8.45. The first-order chi connectivity index (χ1) is 10.1. The highest BCUT2D eigenvalue weighted by Gasteiger charge is 2.43. The molecule has 0 aliphatic carbocycles. The van der Waals surface area contributed by atoms with Crippen molar-refractivity contribution >= 4 is 0 Å². The summed E-state index contributed by atoms with van der Waals surface area (Å²) in [4.78, 5) is 0. The van der Waals surface area contributed by atoms with Crippen molar-refractivity contribution in [3.63, 3.8) is 0 Å². The fourth-order valence-corrected chi connectivity index (χ4v) is 2.07. The Labute approximate surface area is 120 Å². The van der Waals surface area contributed by atoms with Crippen LogP contribution in [0.5, 0.6) is 17.2 Å². The molecule has 0 fully saturated rings. The van der Waals surface area contributed by atoms with E-state index in [-0.39, 0.29) is 22.6 Å². The van der Waals surface area contributed by atoms with E-state index in [1.54, 1.807) is 0 Å². The Morgan fingerprint density at radius 2 is 1.55 bits per heavy atom. The van der Waals surface area contributed by atoms with E-state index < -0.39 is 23.8 Å². The summed E-state index contributed by atoms with van der Waals surface area (Å²) >= 11 is 0. The molecule has 0 aromatic heterocycles. The molecule has 3 rings (SSSR count). The van der Waals surface area contributed by atoms with Gasteiger partial charge in [0.05, 0.1) is 5.56 Å². The van der Waals surface area contributed by atoms with Gasteiger partial charge in [0.15, 0.2) is 11.5 Å². The van der Waals surface area contributed by atoms with Gasteiger partial charge in [0.2, 0.25) is 0 Å². The van der Waals surface area contributed by atoms with Crippen molar-refractivity contribution in [2.45, 2.75) is 12.5 Å². The van der Waals surface area contributed by atoms with Crippen LogP contribution in [0.2, 0.25) is 0 Å². The molecule has 1 aliphatic heterocycles. The minimum absolute atomic E-state index is 0.00828. The SMILES string of the molecule is Oc1cc(-c2ccc3c(c2)OC(F)(F)O3)cc(C(F)(F)F)c1. The maximum atomic E-state index is 12.9. The molecule has 8 heteroatoms. The van der Waals surface area contributed by atoms with Crippen LogP contribution in [0, 0.1) is 0 Å². The van der Waals surface area contributed by atoms with Crippen molar-refractivity contribution in [3.05, 3.63) is 42.0 Å². The minimum atomic E-state index is -4.64. The fourth-order valence-electron chi connectivity index (χ4n) is 2.07. The van der Waals surface area contributed by atoms with Crippen LogP contribution in [0.3, 0.4) is 0 Å². The maximum absolute atomic E-state index is 12.9. The standard InChI is InChI=1S/C14H7F5O3/c15-13(16,17)9-3-8(4-10(20)6-9)7-1-2-11-12(5-7)22-14(18,19)21-11/h1-6,20H. The van der Waals surface area contributed by atoms with Crippen molar-refractivity contribution in [1.29, 1.82) is 0 Å². The summed E-state index contributed by atoms with van der Waals surface area (Å²) in [6, 6.07) is 6.03. The average Bonchev–Trinajstić information content (AvgIpc) is 2.69. The van der Waals surface area contributed by atoms with E-state index in [0.29, 0.717) is 6.07 Å². The first-order valence-corrected chi connectivity index (χ1v) is 5.96. The predicted molar refractivity (Wildman–Crippen MR) is 64.7 cm³/mol. The molecule has 0 bridgehead atoms. The summed E-state index contributed by atoms with van der Waals surface area (Å²) in [6.45, 7) is 0. The van der Waals surface area contributed by atoms with Crippen LogP contribution in [0.4, 0.5) is 22.0 Å². The van der Waals surface area contributed by atoms with E-state index >= 15 is 0 Å². The molecule has 1 aliphatic rings. The third-order valence-corrected chi connectivity index (χ3v) is 2.98. The Hall–Kier alpha value is -2.51. The normalized spacial score (nSPS) is 15.9. The van der Waals surface area contributed by atoms with E-state index in [4.69, 9.17) is 0 Å². The molecule has 0 radical (unpaired) electrons. The molecule has 1 heterocycles. The first-order valence-electron chi connectivity index (χ1n) is 5.96. The Morgan fingerprint density at radius 1 is 0.864 bits per heavy atom. The fraction of sp³-hybridized carbons (Fsp3) is 0.143. The molecule has 0 saturated heterocycles. The van der Waals surface area contributed by atoms with Crippen LogP contribution in [-0.2, 0) is 6.18 Å². The second-order valence-corrected chi connectivity index (χ2v) is 4.60. The minimum Gasteiger partial charge on any atom is -0.508 e. The van der Waals surface area contributed by atoms with Gasteiger partial charge in [0.25, 0.3) is 0 Å². The molecule has 22 heavy (non-hydrogen) atoms. The zero-order valence-electron chi connectivity index (χ0n) is 10.6. The van der Waals surface area contributed by atoms with Crippen LogP contribution in [0.25, 0.3) is 11.1 Å². The number of rotatable bonds is 1. The number of phenolic OH excluding ortho intramolecular Hbond substituents is 1. The number of alkyl halides is 5. The number of phenols is 1. The van der Waals surface area contributed by atoms with Gasteiger partial charge in [0, 0.05) is 0 Å². The Morgan fingerprint density at radius 3 is 2.23 bits per heavy atom. The molecule has 3 nitrogen and oxygen atoms in total. The van der Waals surface area contributed by atoms with Crippen LogP contribution in [0.15, 0.2) is 36.4 Å². The van der Waals surface area contributed by atoms with E-state index in [9.17, 15) is 27.1 Å². The molecule has 0 spiro atoms. The zero-order valence-corrected chi connectivity index (χ0v) is 10.6. The molecule has 2 aromatic rings. The Balaban J connectivity index is 2.05. The summed E-state index contributed by atoms with van der Waals surface area (Å²) in [5.41, 5.74) is -0.874. The molecule has 0 unspecified atom stereocenters. The molecular weight excluding hydrogens is 311 g/mol. The number of ether oxygens (including phenoxy) is 2. The molecule has 0 saturated carbocycles. The van der Waals surface area contributed by atoms with Crippen molar-refractivity contribution in [2.75, 3.05) is 0 Å². The van der Waals surface area contributed by atoms with E-state index in [1.165, 1.54) is 6.07 Å². The number of hydrogen-bond donors (Lipinski definition) is 1. The van der Waals surface area contributed by atoms with Crippen molar-refractivity contribution in [1.82, 2.24) is 0 Å². The molecule has 0 amide bonds. The highest BCUT2D eigenvalue weighted by Crippen LogP contribution is 2.43. The van der Waals surface area contributed by atoms with Gasteiger partial charge in [-0.05, 0) is 41.5 Å². The van der Waals surface area contributed by atoms with E-state index in [1.807, 2.05) is 0 Å². The molecular formula is C14H7F5O3. The lowest BCUT2D eigenvalue weighted by Crippen LogP contribution is -2.25. The van der Waals surface area contributed by atoms with Gasteiger partial charge in [-0.3, -0.25) is 0 Å². The zero-order chi connectivity index (χ0) is 16.1. The molecule has 116 valence electrons. The highest BCUT2D eigenvalue weighted by molar-refractivity contribution is 5.69. The smallest absolute Gasteiger partial charge is 0.508 e. The van der Waals surface area contributed by atoms with Crippen LogP contribution < -0.4 is 9.47 Å². The lowest BCUT2D eigenvalue weighted by molar-refractivity contribution is -0.286. The second-order valence-electron chi connectivity index (χ2n) is 4.60. The number of halogens is 5. The van der Waals surface area contributed by atoms with Gasteiger partial charge < -0.3 is 14.6 Å². The van der Waals surface area contributed by atoms with Crippen molar-refractivity contribution in [3.8, 4) is 28.4 Å². The van der Waals surface area contributed by atoms with Gasteiger partial charge in [-0.1, -0.05) is 6.07 Å². The molecule has 2 aromatic carbocycles. The third kappa shape index (κ3) is 2.63. The summed E-state index contributed by atoms with van der Waals surface area (Å²) in [7, 11) is 0. The van der Waals surface area contributed by atoms with Crippen molar-refractivity contribution < 1.29 is 36.5 Å². The number of hydrogen-bond acceptors (Lipinski definition) is 3. The monoisotopic (exact) mass is 318 g/mol. The number of aromatic hydroxyl groups is 1. The number of benzene rings is 2. The van der Waals surface area contributed by atoms with E-state index in [0.717, 1.165) is 24.3 Å².